The Morgan fingerprint density at radius 2 is 2.00 bits per heavy atom. The predicted octanol–water partition coefficient (Wildman–Crippen LogP) is 0.840. The van der Waals surface area contributed by atoms with Crippen LogP contribution in [0.4, 0.5) is 17.5 Å². The maximum absolute atomic E-state index is 12.3. The van der Waals surface area contributed by atoms with E-state index in [0.717, 1.165) is 5.56 Å². The molecule has 11 nitrogen and oxygen atoms in total. The molecule has 4 rings (SSSR count). The molecule has 2 fully saturated rings. The van der Waals surface area contributed by atoms with E-state index in [0.29, 0.717) is 0 Å². The number of nitrogens with two attached hydrogens (primary N) is 2. The number of aromatic amines is 1. The summed E-state index contributed by atoms with van der Waals surface area (Å²) in [6, 6.07) is 9.36. The number of aromatic nitrogens is 2. The van der Waals surface area contributed by atoms with Crippen LogP contribution in [-0.4, -0.2) is 52.7 Å². The lowest BCUT2D eigenvalue weighted by molar-refractivity contribution is -0.289. The first-order valence-corrected chi connectivity index (χ1v) is 9.72. The minimum absolute atomic E-state index is 0.130. The Morgan fingerprint density at radius 3 is 2.68 bits per heavy atom. The van der Waals surface area contributed by atoms with Gasteiger partial charge in [-0.25, -0.2) is 4.99 Å². The molecule has 0 aliphatic carbocycles. The third-order valence-corrected chi connectivity index (χ3v) is 4.99. The van der Waals surface area contributed by atoms with Crippen molar-refractivity contribution in [1.29, 1.82) is 0 Å². The van der Waals surface area contributed by atoms with Gasteiger partial charge in [0.15, 0.2) is 23.9 Å². The van der Waals surface area contributed by atoms with Crippen LogP contribution in [0.15, 0.2) is 40.1 Å². The lowest BCUT2D eigenvalue weighted by atomic mass is 9.95. The smallest absolute Gasteiger partial charge is 0.303 e. The maximum atomic E-state index is 12.3. The number of hydrogen-bond donors (Lipinski definition) is 3. The van der Waals surface area contributed by atoms with Gasteiger partial charge in [-0.2, -0.15) is 4.98 Å². The van der Waals surface area contributed by atoms with Crippen LogP contribution < -0.4 is 17.0 Å². The Labute approximate surface area is 177 Å². The molecule has 2 saturated heterocycles. The highest BCUT2D eigenvalue weighted by atomic mass is 16.7. The number of carbonyl (C=O) groups is 1. The van der Waals surface area contributed by atoms with Crippen molar-refractivity contribution in [3.05, 3.63) is 46.2 Å². The van der Waals surface area contributed by atoms with Crippen LogP contribution in [-0.2, 0) is 23.7 Å². The third kappa shape index (κ3) is 4.29. The van der Waals surface area contributed by atoms with E-state index in [1.54, 1.807) is 6.92 Å². The zero-order valence-electron chi connectivity index (χ0n) is 17.0. The topological polar surface area (TPSA) is 164 Å². The fourth-order valence-corrected chi connectivity index (χ4v) is 3.65. The number of benzene rings is 1. The number of rotatable bonds is 3. The Hall–Kier alpha value is -3.28. The van der Waals surface area contributed by atoms with Crippen LogP contribution >= 0.6 is 0 Å². The van der Waals surface area contributed by atoms with Gasteiger partial charge < -0.3 is 30.4 Å². The summed E-state index contributed by atoms with van der Waals surface area (Å²) in [7, 11) is 0. The molecule has 164 valence electrons. The van der Waals surface area contributed by atoms with Crippen molar-refractivity contribution in [2.75, 3.05) is 18.1 Å². The highest BCUT2D eigenvalue weighted by molar-refractivity contribution is 5.97. The molecule has 3 heterocycles. The van der Waals surface area contributed by atoms with E-state index in [1.165, 1.54) is 6.92 Å². The molecule has 0 saturated carbocycles. The van der Waals surface area contributed by atoms with E-state index in [1.807, 2.05) is 30.3 Å². The number of carbonyl (C=O) groups excluding carboxylic acids is 1. The first kappa shape index (κ1) is 21.0. The number of H-pyrrole nitrogens is 1. The van der Waals surface area contributed by atoms with Gasteiger partial charge in [0.05, 0.1) is 18.4 Å². The molecule has 0 radical (unpaired) electrons. The number of hydrogen-bond acceptors (Lipinski definition) is 10. The predicted molar refractivity (Wildman–Crippen MR) is 111 cm³/mol. The summed E-state index contributed by atoms with van der Waals surface area (Å²) in [6.07, 6.45) is -3.41. The number of aliphatic imine (C=N–C) groups is 1. The molecule has 0 amide bonds. The van der Waals surface area contributed by atoms with Crippen LogP contribution in [0.5, 0.6) is 0 Å². The largest absolute Gasteiger partial charge is 0.453 e. The molecule has 2 unspecified atom stereocenters. The van der Waals surface area contributed by atoms with Crippen LogP contribution in [0, 0.1) is 0 Å². The molecule has 0 spiro atoms. The lowest BCUT2D eigenvalue weighted by Gasteiger charge is -2.45. The van der Waals surface area contributed by atoms with Gasteiger partial charge in [0.1, 0.15) is 12.2 Å². The SMILES string of the molecule is CC(=O)O[C@@H]1/C(=N/c2c(N)nc(N)[nH]c2=O)C(C)O[C@@H]2COC(c3ccccc3)O[C@H]12. The fraction of sp³-hybridized carbons (Fsp3) is 0.400. The van der Waals surface area contributed by atoms with Crippen molar-refractivity contribution in [2.45, 2.75) is 44.6 Å². The summed E-state index contributed by atoms with van der Waals surface area (Å²) in [5.41, 5.74) is 11.7. The second kappa shape index (κ2) is 8.46. The van der Waals surface area contributed by atoms with E-state index in [2.05, 4.69) is 15.0 Å². The molecule has 0 bridgehead atoms. The summed E-state index contributed by atoms with van der Waals surface area (Å²) in [5, 5.41) is 0. The van der Waals surface area contributed by atoms with E-state index in [9.17, 15) is 9.59 Å². The summed E-state index contributed by atoms with van der Waals surface area (Å²) in [4.78, 5) is 34.8. The molecule has 5 N–H and O–H groups in total. The Bertz CT molecular complexity index is 1060. The van der Waals surface area contributed by atoms with Crippen molar-refractivity contribution in [3.8, 4) is 0 Å². The number of nitrogen functional groups attached to an aromatic ring is 2. The quantitative estimate of drug-likeness (QED) is 0.600. The normalized spacial score (nSPS) is 29.4. The van der Waals surface area contributed by atoms with Gasteiger partial charge in [-0.05, 0) is 6.92 Å². The Morgan fingerprint density at radius 1 is 1.26 bits per heavy atom. The van der Waals surface area contributed by atoms with Gasteiger partial charge in [0.2, 0.25) is 5.95 Å². The standard InChI is InChI=1S/C20H23N5O6/c1-9-13(23-14-17(21)24-20(22)25-18(14)27)16(30-10(2)26)15-12(29-9)8-28-19(31-15)11-6-4-3-5-7-11/h3-7,9,12,15-16,19H,8H2,1-2H3,(H5,21,22,24,25,27)/b23-13+/t9?,12-,15+,16-,19?/m1/s1. The first-order valence-electron chi connectivity index (χ1n) is 9.72. The van der Waals surface area contributed by atoms with Gasteiger partial charge in [0.25, 0.3) is 5.56 Å². The van der Waals surface area contributed by atoms with Crippen LogP contribution in [0.25, 0.3) is 0 Å². The molecule has 2 aliphatic rings. The first-order chi connectivity index (χ1) is 14.8. The number of nitrogens with one attached hydrogen (secondary N) is 1. The van der Waals surface area contributed by atoms with E-state index in [4.69, 9.17) is 30.4 Å². The molecule has 11 heteroatoms. The molecular weight excluding hydrogens is 406 g/mol. The Balaban J connectivity index is 1.72. The monoisotopic (exact) mass is 429 g/mol. The second-order valence-corrected chi connectivity index (χ2v) is 7.25. The number of nitrogens with zero attached hydrogens (tertiary/aromatic N) is 2. The molecule has 1 aromatic heterocycles. The highest BCUT2D eigenvalue weighted by Gasteiger charge is 2.48. The van der Waals surface area contributed by atoms with E-state index in [-0.39, 0.29) is 29.8 Å². The van der Waals surface area contributed by atoms with Crippen LogP contribution in [0.1, 0.15) is 25.7 Å². The molecular formula is C20H23N5O6. The summed E-state index contributed by atoms with van der Waals surface area (Å²) in [5.74, 6) is -0.816. The molecule has 31 heavy (non-hydrogen) atoms. The summed E-state index contributed by atoms with van der Waals surface area (Å²) in [6.45, 7) is 3.24. The van der Waals surface area contributed by atoms with Crippen molar-refractivity contribution >= 4 is 29.1 Å². The number of anilines is 2. The van der Waals surface area contributed by atoms with E-state index < -0.39 is 42.2 Å². The van der Waals surface area contributed by atoms with Crippen molar-refractivity contribution < 1.29 is 23.7 Å². The van der Waals surface area contributed by atoms with Gasteiger partial charge in [-0.3, -0.25) is 14.6 Å². The second-order valence-electron chi connectivity index (χ2n) is 7.25. The minimum Gasteiger partial charge on any atom is -0.453 e. The third-order valence-electron chi connectivity index (χ3n) is 4.99. The van der Waals surface area contributed by atoms with Gasteiger partial charge in [-0.1, -0.05) is 30.3 Å². The molecule has 5 atom stereocenters. The van der Waals surface area contributed by atoms with Gasteiger partial charge in [0, 0.05) is 12.5 Å². The Kier molecular flexibility index (Phi) is 5.72. The van der Waals surface area contributed by atoms with Crippen molar-refractivity contribution in [2.24, 2.45) is 4.99 Å². The number of esters is 1. The van der Waals surface area contributed by atoms with Crippen molar-refractivity contribution in [3.63, 3.8) is 0 Å². The van der Waals surface area contributed by atoms with Crippen LogP contribution in [0.3, 0.4) is 0 Å². The highest BCUT2D eigenvalue weighted by Crippen LogP contribution is 2.35. The summed E-state index contributed by atoms with van der Waals surface area (Å²) < 4.78 is 23.5. The maximum Gasteiger partial charge on any atom is 0.303 e. The van der Waals surface area contributed by atoms with Gasteiger partial charge in [-0.15, -0.1) is 0 Å². The van der Waals surface area contributed by atoms with E-state index >= 15 is 0 Å². The average molecular weight is 429 g/mol. The minimum atomic E-state index is -0.919. The molecule has 1 aromatic carbocycles. The van der Waals surface area contributed by atoms with Gasteiger partial charge >= 0.3 is 5.97 Å². The zero-order valence-corrected chi connectivity index (χ0v) is 17.0. The zero-order chi connectivity index (χ0) is 22.1. The number of ether oxygens (including phenoxy) is 4. The lowest BCUT2D eigenvalue weighted by Crippen LogP contribution is -2.60. The number of fused-ring (bicyclic) bond motifs is 1. The van der Waals surface area contributed by atoms with Crippen LogP contribution in [0.2, 0.25) is 0 Å². The average Bonchev–Trinajstić information content (AvgIpc) is 2.72. The molecule has 2 aromatic rings. The fourth-order valence-electron chi connectivity index (χ4n) is 3.65. The summed E-state index contributed by atoms with van der Waals surface area (Å²) >= 11 is 0. The van der Waals surface area contributed by atoms with Crippen molar-refractivity contribution in [1.82, 2.24) is 9.97 Å². The molecule has 2 aliphatic heterocycles.